The molecule has 0 aliphatic rings. The maximum Gasteiger partial charge on any atom is 0.303 e. The number of nitrogens with two attached hydrogens (primary N) is 1. The summed E-state index contributed by atoms with van der Waals surface area (Å²) in [5, 5.41) is 8.94. The fourth-order valence-corrected chi connectivity index (χ4v) is 2.95. The van der Waals surface area contributed by atoms with Crippen LogP contribution in [0.3, 0.4) is 0 Å². The molecule has 0 bridgehead atoms. The fraction of sp³-hybridized carbons (Fsp3) is 0.562. The van der Waals surface area contributed by atoms with Gasteiger partial charge in [-0.2, -0.15) is 0 Å². The molecule has 106 valence electrons. The molecule has 0 amide bonds. The maximum absolute atomic E-state index is 10.9. The van der Waals surface area contributed by atoms with E-state index in [1.165, 1.54) is 16.7 Å². The Morgan fingerprint density at radius 2 is 1.74 bits per heavy atom. The fourth-order valence-electron chi connectivity index (χ4n) is 2.95. The normalized spacial score (nSPS) is 13.4. The monoisotopic (exact) mass is 263 g/mol. The predicted molar refractivity (Wildman–Crippen MR) is 78.2 cm³/mol. The third-order valence-corrected chi connectivity index (χ3v) is 3.51. The first kappa shape index (κ1) is 15.7. The molecule has 1 atom stereocenters. The highest BCUT2D eigenvalue weighted by Gasteiger charge is 2.26. The molecule has 3 N–H and O–H groups in total. The summed E-state index contributed by atoms with van der Waals surface area (Å²) in [6.45, 7) is 10.1. The average Bonchev–Trinajstić information content (AvgIpc) is 2.10. The van der Waals surface area contributed by atoms with Crippen molar-refractivity contribution in [1.29, 1.82) is 0 Å². The lowest BCUT2D eigenvalue weighted by Gasteiger charge is -2.28. The maximum atomic E-state index is 10.9. The molecule has 1 aromatic rings. The van der Waals surface area contributed by atoms with Crippen molar-refractivity contribution in [2.45, 2.75) is 53.5 Å². The van der Waals surface area contributed by atoms with Gasteiger partial charge in [-0.25, -0.2) is 0 Å². The first-order valence-electron chi connectivity index (χ1n) is 6.67. The van der Waals surface area contributed by atoms with Gasteiger partial charge in [0.15, 0.2) is 0 Å². The molecule has 1 rings (SSSR count). The summed E-state index contributed by atoms with van der Waals surface area (Å²) < 4.78 is 0. The number of carboxylic acid groups (broad SMARTS) is 1. The van der Waals surface area contributed by atoms with E-state index in [0.717, 1.165) is 5.56 Å². The topological polar surface area (TPSA) is 63.3 Å². The molecule has 1 unspecified atom stereocenters. The molecule has 3 heteroatoms. The van der Waals surface area contributed by atoms with Crippen molar-refractivity contribution < 1.29 is 9.90 Å². The van der Waals surface area contributed by atoms with Gasteiger partial charge < -0.3 is 10.8 Å². The molecule has 0 radical (unpaired) electrons. The predicted octanol–water partition coefficient (Wildman–Crippen LogP) is 3.50. The number of aryl methyl sites for hydroxylation is 3. The van der Waals surface area contributed by atoms with E-state index in [9.17, 15) is 4.79 Å². The van der Waals surface area contributed by atoms with Gasteiger partial charge in [-0.3, -0.25) is 4.79 Å². The summed E-state index contributed by atoms with van der Waals surface area (Å²) in [4.78, 5) is 10.9. The zero-order valence-electron chi connectivity index (χ0n) is 12.6. The molecular weight excluding hydrogens is 238 g/mol. The minimum atomic E-state index is -0.769. The third kappa shape index (κ3) is 4.35. The molecule has 0 saturated carbocycles. The van der Waals surface area contributed by atoms with E-state index in [1.54, 1.807) is 0 Å². The Kier molecular flexibility index (Phi) is 4.75. The van der Waals surface area contributed by atoms with E-state index in [1.807, 2.05) is 13.8 Å². The Hall–Kier alpha value is -1.35. The van der Waals surface area contributed by atoms with E-state index in [4.69, 9.17) is 10.8 Å². The van der Waals surface area contributed by atoms with Gasteiger partial charge in [0.05, 0.1) is 6.42 Å². The van der Waals surface area contributed by atoms with Gasteiger partial charge in [0, 0.05) is 6.04 Å². The van der Waals surface area contributed by atoms with Crippen molar-refractivity contribution in [3.8, 4) is 0 Å². The zero-order chi connectivity index (χ0) is 14.8. The Balaban J connectivity index is 2.95. The van der Waals surface area contributed by atoms with Gasteiger partial charge >= 0.3 is 5.97 Å². The van der Waals surface area contributed by atoms with Gasteiger partial charge in [-0.05, 0) is 49.3 Å². The van der Waals surface area contributed by atoms with Gasteiger partial charge in [0.2, 0.25) is 0 Å². The van der Waals surface area contributed by atoms with Crippen LogP contribution in [-0.4, -0.2) is 11.1 Å². The van der Waals surface area contributed by atoms with E-state index >= 15 is 0 Å². The lowest BCUT2D eigenvalue weighted by atomic mass is 9.79. The summed E-state index contributed by atoms with van der Waals surface area (Å²) in [6, 6.07) is 4.15. The summed E-state index contributed by atoms with van der Waals surface area (Å²) in [7, 11) is 0. The van der Waals surface area contributed by atoms with Crippen LogP contribution < -0.4 is 5.73 Å². The van der Waals surface area contributed by atoms with Crippen LogP contribution in [-0.2, 0) is 4.79 Å². The van der Waals surface area contributed by atoms with Gasteiger partial charge in [0.25, 0.3) is 0 Å². The minimum absolute atomic E-state index is 0.116. The number of rotatable bonds is 5. The first-order valence-corrected chi connectivity index (χ1v) is 6.67. The zero-order valence-corrected chi connectivity index (χ0v) is 12.6. The van der Waals surface area contributed by atoms with E-state index < -0.39 is 5.97 Å². The van der Waals surface area contributed by atoms with E-state index in [0.29, 0.717) is 6.42 Å². The minimum Gasteiger partial charge on any atom is -0.481 e. The van der Waals surface area contributed by atoms with Crippen molar-refractivity contribution in [1.82, 2.24) is 0 Å². The molecule has 0 fully saturated rings. The number of carbonyl (C=O) groups is 1. The van der Waals surface area contributed by atoms with Crippen molar-refractivity contribution in [2.24, 2.45) is 11.1 Å². The van der Waals surface area contributed by atoms with Crippen LogP contribution in [0.15, 0.2) is 12.1 Å². The number of carboxylic acids is 1. The molecule has 19 heavy (non-hydrogen) atoms. The standard InChI is InChI=1S/C16H25NO2/c1-10-6-11(2)15(12(3)7-10)13(17)8-16(4,5)9-14(18)19/h6-7,13H,8-9,17H2,1-5H3,(H,18,19). The van der Waals surface area contributed by atoms with Crippen LogP contribution in [0, 0.1) is 26.2 Å². The van der Waals surface area contributed by atoms with Gasteiger partial charge in [0.1, 0.15) is 0 Å². The summed E-state index contributed by atoms with van der Waals surface area (Å²) in [5.74, 6) is -0.769. The Morgan fingerprint density at radius 3 is 2.16 bits per heavy atom. The van der Waals surface area contributed by atoms with E-state index in [2.05, 4.69) is 32.9 Å². The lowest BCUT2D eigenvalue weighted by molar-refractivity contribution is -0.139. The van der Waals surface area contributed by atoms with Crippen LogP contribution in [0.2, 0.25) is 0 Å². The molecule has 0 heterocycles. The second kappa shape index (κ2) is 5.74. The van der Waals surface area contributed by atoms with Crippen molar-refractivity contribution in [2.75, 3.05) is 0 Å². The van der Waals surface area contributed by atoms with Gasteiger partial charge in [-0.15, -0.1) is 0 Å². The second-order valence-electron chi connectivity index (χ2n) is 6.36. The molecule has 0 aromatic heterocycles. The SMILES string of the molecule is Cc1cc(C)c(C(N)CC(C)(C)CC(=O)O)c(C)c1. The summed E-state index contributed by atoms with van der Waals surface area (Å²) in [6.07, 6.45) is 0.814. The number of hydrogen-bond donors (Lipinski definition) is 2. The Bertz CT molecular complexity index is 455. The first-order chi connectivity index (χ1) is 8.62. The Morgan fingerprint density at radius 1 is 1.26 bits per heavy atom. The number of hydrogen-bond acceptors (Lipinski definition) is 2. The molecular formula is C16H25NO2. The van der Waals surface area contributed by atoms with Crippen LogP contribution >= 0.6 is 0 Å². The van der Waals surface area contributed by atoms with Gasteiger partial charge in [-0.1, -0.05) is 31.5 Å². The van der Waals surface area contributed by atoms with E-state index in [-0.39, 0.29) is 17.9 Å². The quantitative estimate of drug-likeness (QED) is 0.854. The van der Waals surface area contributed by atoms with Crippen molar-refractivity contribution in [3.63, 3.8) is 0 Å². The molecule has 0 spiro atoms. The lowest BCUT2D eigenvalue weighted by Crippen LogP contribution is -2.25. The van der Waals surface area contributed by atoms with Crippen LogP contribution in [0.5, 0.6) is 0 Å². The average molecular weight is 263 g/mol. The largest absolute Gasteiger partial charge is 0.481 e. The smallest absolute Gasteiger partial charge is 0.303 e. The third-order valence-electron chi connectivity index (χ3n) is 3.51. The summed E-state index contributed by atoms with van der Waals surface area (Å²) >= 11 is 0. The summed E-state index contributed by atoms with van der Waals surface area (Å²) in [5.41, 5.74) is 10.8. The molecule has 0 aliphatic heterocycles. The Labute approximate surface area is 115 Å². The van der Waals surface area contributed by atoms with Crippen LogP contribution in [0.25, 0.3) is 0 Å². The van der Waals surface area contributed by atoms with Crippen LogP contribution in [0.1, 0.15) is 55.0 Å². The molecule has 0 aliphatic carbocycles. The van der Waals surface area contributed by atoms with Crippen molar-refractivity contribution in [3.05, 3.63) is 34.4 Å². The molecule has 1 aromatic carbocycles. The van der Waals surface area contributed by atoms with Crippen molar-refractivity contribution >= 4 is 5.97 Å². The highest BCUT2D eigenvalue weighted by molar-refractivity contribution is 5.67. The number of benzene rings is 1. The molecule has 0 saturated heterocycles. The van der Waals surface area contributed by atoms with Crippen LogP contribution in [0.4, 0.5) is 0 Å². The molecule has 3 nitrogen and oxygen atoms in total. The highest BCUT2D eigenvalue weighted by atomic mass is 16.4. The highest BCUT2D eigenvalue weighted by Crippen LogP contribution is 2.34. The second-order valence-corrected chi connectivity index (χ2v) is 6.36. The number of aliphatic carboxylic acids is 1.